The summed E-state index contributed by atoms with van der Waals surface area (Å²) in [6.07, 6.45) is 2.14. The molecule has 0 amide bonds. The van der Waals surface area contributed by atoms with Crippen LogP contribution in [0, 0.1) is 6.92 Å². The molecule has 0 radical (unpaired) electrons. The zero-order valence-corrected chi connectivity index (χ0v) is 12.6. The monoisotopic (exact) mass is 324 g/mol. The van der Waals surface area contributed by atoms with Gasteiger partial charge < -0.3 is 4.57 Å². The fraction of sp³-hybridized carbons (Fsp3) is 0.118. The van der Waals surface area contributed by atoms with Crippen LogP contribution in [0.15, 0.2) is 59.2 Å². The lowest BCUT2D eigenvalue weighted by atomic mass is 9.97. The number of aromatic nitrogens is 2. The predicted molar refractivity (Wildman–Crippen MR) is 83.8 cm³/mol. The van der Waals surface area contributed by atoms with Crippen molar-refractivity contribution in [1.29, 1.82) is 0 Å². The average Bonchev–Trinajstić information content (AvgIpc) is 2.95. The molecule has 0 fully saturated rings. The number of imidazole rings is 1. The molecule has 1 unspecified atom stereocenters. The van der Waals surface area contributed by atoms with Gasteiger partial charge in [-0.3, -0.25) is 0 Å². The first-order valence-electron chi connectivity index (χ1n) is 6.64. The molecule has 0 N–H and O–H groups in total. The second-order valence-electron chi connectivity index (χ2n) is 5.15. The van der Waals surface area contributed by atoms with Crippen LogP contribution in [-0.2, 0) is 0 Å². The Morgan fingerprint density at radius 2 is 1.80 bits per heavy atom. The summed E-state index contributed by atoms with van der Waals surface area (Å²) in [5.41, 5.74) is 4.93. The number of hydrogen-bond acceptors (Lipinski definition) is 1. The normalized spacial score (nSPS) is 16.0. The van der Waals surface area contributed by atoms with Gasteiger partial charge in [-0.25, -0.2) is 4.98 Å². The first-order chi connectivity index (χ1) is 9.74. The Bertz CT molecular complexity index is 787. The fourth-order valence-corrected chi connectivity index (χ4v) is 3.25. The van der Waals surface area contributed by atoms with Gasteiger partial charge >= 0.3 is 0 Å². The van der Waals surface area contributed by atoms with Gasteiger partial charge in [0.15, 0.2) is 0 Å². The molecule has 1 aliphatic heterocycles. The molecular formula is C17H13BrN2. The van der Waals surface area contributed by atoms with E-state index in [9.17, 15) is 0 Å². The number of fused-ring (bicyclic) bond motifs is 3. The van der Waals surface area contributed by atoms with Gasteiger partial charge in [0.25, 0.3) is 0 Å². The third kappa shape index (κ3) is 1.66. The van der Waals surface area contributed by atoms with E-state index in [1.54, 1.807) is 0 Å². The Morgan fingerprint density at radius 1 is 1.05 bits per heavy atom. The summed E-state index contributed by atoms with van der Waals surface area (Å²) in [5.74, 6) is 1.08. The third-order valence-electron chi connectivity index (χ3n) is 3.81. The highest BCUT2D eigenvalue weighted by molar-refractivity contribution is 9.10. The molecule has 4 rings (SSSR count). The maximum Gasteiger partial charge on any atom is 0.141 e. The topological polar surface area (TPSA) is 17.8 Å². The summed E-state index contributed by atoms with van der Waals surface area (Å²) in [7, 11) is 0. The van der Waals surface area contributed by atoms with Crippen LogP contribution in [-0.4, -0.2) is 9.55 Å². The number of benzene rings is 2. The minimum Gasteiger partial charge on any atom is -0.319 e. The van der Waals surface area contributed by atoms with E-state index in [4.69, 9.17) is 0 Å². The molecule has 1 aliphatic rings. The van der Waals surface area contributed by atoms with Crippen LogP contribution >= 0.6 is 15.9 Å². The Balaban J connectivity index is 1.97. The number of hydrogen-bond donors (Lipinski definition) is 0. The molecule has 0 bridgehead atoms. The molecule has 2 aromatic carbocycles. The first kappa shape index (κ1) is 11.9. The Labute approximate surface area is 126 Å². The van der Waals surface area contributed by atoms with Crippen LogP contribution < -0.4 is 0 Å². The Hall–Kier alpha value is -1.87. The van der Waals surface area contributed by atoms with Gasteiger partial charge in [0.1, 0.15) is 5.82 Å². The molecule has 3 aromatic rings. The third-order valence-corrected chi connectivity index (χ3v) is 4.34. The summed E-state index contributed by atoms with van der Waals surface area (Å²) in [6.45, 7) is 2.05. The van der Waals surface area contributed by atoms with Crippen LogP contribution in [0.4, 0.5) is 0 Å². The summed E-state index contributed by atoms with van der Waals surface area (Å²) in [5, 5.41) is 0. The lowest BCUT2D eigenvalue weighted by Gasteiger charge is -2.15. The van der Waals surface area contributed by atoms with E-state index < -0.39 is 0 Å². The average molecular weight is 325 g/mol. The molecule has 20 heavy (non-hydrogen) atoms. The summed E-state index contributed by atoms with van der Waals surface area (Å²) in [6, 6.07) is 17.3. The molecule has 0 saturated heterocycles. The van der Waals surface area contributed by atoms with Gasteiger partial charge in [-0.1, -0.05) is 52.3 Å². The number of aryl methyl sites for hydroxylation is 1. The van der Waals surface area contributed by atoms with Gasteiger partial charge in [0, 0.05) is 16.2 Å². The van der Waals surface area contributed by atoms with E-state index in [-0.39, 0.29) is 6.04 Å². The van der Waals surface area contributed by atoms with Gasteiger partial charge in [-0.05, 0) is 30.2 Å². The van der Waals surface area contributed by atoms with Crippen molar-refractivity contribution in [3.8, 4) is 11.4 Å². The molecule has 2 heterocycles. The standard InChI is InChI=1S/C17H13BrN2/c1-11-10-20-16(12-6-8-13(18)9-7-12)14-4-2-3-5-15(14)17(20)19-11/h2-10,16H,1H3. The van der Waals surface area contributed by atoms with Gasteiger partial charge in [-0.15, -0.1) is 0 Å². The number of nitrogens with zero attached hydrogens (tertiary/aromatic N) is 2. The van der Waals surface area contributed by atoms with E-state index in [0.29, 0.717) is 0 Å². The smallest absolute Gasteiger partial charge is 0.141 e. The second kappa shape index (κ2) is 4.32. The lowest BCUT2D eigenvalue weighted by Crippen LogP contribution is -2.06. The van der Waals surface area contributed by atoms with Crippen molar-refractivity contribution in [3.63, 3.8) is 0 Å². The summed E-state index contributed by atoms with van der Waals surface area (Å²) in [4.78, 5) is 4.68. The predicted octanol–water partition coefficient (Wildman–Crippen LogP) is 4.57. The quantitative estimate of drug-likeness (QED) is 0.501. The zero-order chi connectivity index (χ0) is 13.7. The molecule has 0 aliphatic carbocycles. The maximum atomic E-state index is 4.68. The molecular weight excluding hydrogens is 312 g/mol. The van der Waals surface area contributed by atoms with E-state index in [0.717, 1.165) is 16.0 Å². The summed E-state index contributed by atoms with van der Waals surface area (Å²) >= 11 is 3.50. The summed E-state index contributed by atoms with van der Waals surface area (Å²) < 4.78 is 3.39. The van der Waals surface area contributed by atoms with Crippen molar-refractivity contribution < 1.29 is 0 Å². The second-order valence-corrected chi connectivity index (χ2v) is 6.07. The fourth-order valence-electron chi connectivity index (χ4n) is 2.99. The Kier molecular flexibility index (Phi) is 2.57. The van der Waals surface area contributed by atoms with Gasteiger partial charge in [0.2, 0.25) is 0 Å². The van der Waals surface area contributed by atoms with Crippen molar-refractivity contribution in [3.05, 3.63) is 76.0 Å². The molecule has 2 nitrogen and oxygen atoms in total. The highest BCUT2D eigenvalue weighted by atomic mass is 79.9. The van der Waals surface area contributed by atoms with Crippen LogP contribution in [0.1, 0.15) is 22.9 Å². The molecule has 1 aromatic heterocycles. The highest BCUT2D eigenvalue weighted by Crippen LogP contribution is 2.42. The minimum atomic E-state index is 0.232. The highest BCUT2D eigenvalue weighted by Gasteiger charge is 2.30. The van der Waals surface area contributed by atoms with Crippen LogP contribution in [0.3, 0.4) is 0 Å². The van der Waals surface area contributed by atoms with Crippen molar-refractivity contribution in [2.45, 2.75) is 13.0 Å². The molecule has 98 valence electrons. The SMILES string of the molecule is Cc1cn2c(n1)-c1ccccc1C2c1ccc(Br)cc1. The van der Waals surface area contributed by atoms with Crippen LogP contribution in [0.25, 0.3) is 11.4 Å². The van der Waals surface area contributed by atoms with E-state index in [1.165, 1.54) is 16.7 Å². The van der Waals surface area contributed by atoms with Crippen LogP contribution in [0.2, 0.25) is 0 Å². The van der Waals surface area contributed by atoms with Crippen molar-refractivity contribution in [2.75, 3.05) is 0 Å². The Morgan fingerprint density at radius 3 is 2.60 bits per heavy atom. The maximum absolute atomic E-state index is 4.68. The number of halogens is 1. The van der Waals surface area contributed by atoms with Crippen molar-refractivity contribution in [1.82, 2.24) is 9.55 Å². The van der Waals surface area contributed by atoms with Crippen molar-refractivity contribution >= 4 is 15.9 Å². The van der Waals surface area contributed by atoms with Gasteiger partial charge in [0.05, 0.1) is 11.7 Å². The van der Waals surface area contributed by atoms with Gasteiger partial charge in [-0.2, -0.15) is 0 Å². The van der Waals surface area contributed by atoms with E-state index >= 15 is 0 Å². The molecule has 0 spiro atoms. The first-order valence-corrected chi connectivity index (χ1v) is 7.43. The lowest BCUT2D eigenvalue weighted by molar-refractivity contribution is 0.715. The van der Waals surface area contributed by atoms with Crippen molar-refractivity contribution in [2.24, 2.45) is 0 Å². The minimum absolute atomic E-state index is 0.232. The van der Waals surface area contributed by atoms with Crippen LogP contribution in [0.5, 0.6) is 0 Å². The van der Waals surface area contributed by atoms with E-state index in [2.05, 4.69) is 80.2 Å². The zero-order valence-electron chi connectivity index (χ0n) is 11.0. The molecule has 0 saturated carbocycles. The largest absolute Gasteiger partial charge is 0.319 e. The number of rotatable bonds is 1. The molecule has 3 heteroatoms. The molecule has 1 atom stereocenters. The van der Waals surface area contributed by atoms with E-state index in [1.807, 2.05) is 6.92 Å².